The Morgan fingerprint density at radius 2 is 1.85 bits per heavy atom. The molecule has 1 amide bonds. The highest BCUT2D eigenvalue weighted by molar-refractivity contribution is 5.89. The lowest BCUT2D eigenvalue weighted by Crippen LogP contribution is -2.10. The fraction of sp³-hybridized carbons (Fsp3) is 0.188. The maximum Gasteiger partial charge on any atom is 0.222 e. The number of amides is 1. The summed E-state index contributed by atoms with van der Waals surface area (Å²) in [5.74, 6) is 0.327. The van der Waals surface area contributed by atoms with Crippen molar-refractivity contribution in [1.29, 1.82) is 0 Å². The number of carbonyl (C=O) groups excluding carboxylic acids is 1. The predicted molar refractivity (Wildman–Crippen MR) is 81.1 cm³/mol. The molecule has 4 nitrogen and oxygen atoms in total. The molecule has 0 aliphatic heterocycles. The molecule has 0 saturated heterocycles. The van der Waals surface area contributed by atoms with Crippen LogP contribution in [0.25, 0.3) is 17.3 Å². The lowest BCUT2D eigenvalue weighted by atomic mass is 10.1. The second-order valence-electron chi connectivity index (χ2n) is 4.76. The van der Waals surface area contributed by atoms with Gasteiger partial charge >= 0.3 is 0 Å². The van der Waals surface area contributed by atoms with E-state index in [4.69, 9.17) is 0 Å². The van der Waals surface area contributed by atoms with Crippen molar-refractivity contribution in [2.45, 2.75) is 20.8 Å². The summed E-state index contributed by atoms with van der Waals surface area (Å²) in [6, 6.07) is 9.83. The molecule has 102 valence electrons. The summed E-state index contributed by atoms with van der Waals surface area (Å²) in [6.07, 6.45) is 3.58. The zero-order valence-corrected chi connectivity index (χ0v) is 11.8. The van der Waals surface area contributed by atoms with Gasteiger partial charge in [-0.05, 0) is 19.9 Å². The minimum absolute atomic E-state index is 0.157. The minimum Gasteiger partial charge on any atom is -0.309 e. The van der Waals surface area contributed by atoms with E-state index < -0.39 is 0 Å². The third-order valence-corrected chi connectivity index (χ3v) is 2.59. The van der Waals surface area contributed by atoms with Crippen molar-refractivity contribution in [1.82, 2.24) is 9.97 Å². The van der Waals surface area contributed by atoms with Gasteiger partial charge in [0.05, 0.1) is 11.9 Å². The summed E-state index contributed by atoms with van der Waals surface area (Å²) in [6.45, 7) is 5.42. The van der Waals surface area contributed by atoms with Crippen molar-refractivity contribution in [3.05, 3.63) is 47.8 Å². The fourth-order valence-corrected chi connectivity index (χ4v) is 1.79. The maximum absolute atomic E-state index is 11.2. The van der Waals surface area contributed by atoms with E-state index in [1.807, 2.05) is 50.3 Å². The summed E-state index contributed by atoms with van der Waals surface area (Å²) in [7, 11) is 0. The molecule has 0 aliphatic rings. The second-order valence-corrected chi connectivity index (χ2v) is 4.76. The molecule has 0 aliphatic carbocycles. The first kappa shape index (κ1) is 13.9. The second kappa shape index (κ2) is 6.10. The molecule has 0 fully saturated rings. The Balaban J connectivity index is 2.48. The molecule has 1 aromatic heterocycles. The zero-order valence-electron chi connectivity index (χ0n) is 11.8. The highest BCUT2D eigenvalue weighted by Crippen LogP contribution is 2.21. The average Bonchev–Trinajstić information content (AvgIpc) is 2.40. The first-order valence-electron chi connectivity index (χ1n) is 6.41. The number of anilines is 1. The number of allylic oxidation sites excluding steroid dienone is 1. The van der Waals surface area contributed by atoms with Crippen LogP contribution >= 0.6 is 0 Å². The third-order valence-electron chi connectivity index (χ3n) is 2.59. The van der Waals surface area contributed by atoms with Gasteiger partial charge < -0.3 is 5.32 Å². The number of benzene rings is 1. The number of aromatic nitrogens is 2. The van der Waals surface area contributed by atoms with Crippen LogP contribution in [0, 0.1) is 0 Å². The molecule has 0 bridgehead atoms. The Morgan fingerprint density at radius 1 is 1.15 bits per heavy atom. The number of hydrogen-bond donors (Lipinski definition) is 1. The van der Waals surface area contributed by atoms with E-state index in [-0.39, 0.29) is 5.91 Å². The maximum atomic E-state index is 11.2. The van der Waals surface area contributed by atoms with E-state index in [1.54, 1.807) is 6.20 Å². The molecule has 2 aromatic rings. The molecule has 0 saturated carbocycles. The highest BCUT2D eigenvalue weighted by Gasteiger charge is 2.08. The van der Waals surface area contributed by atoms with E-state index in [1.165, 1.54) is 6.92 Å². The van der Waals surface area contributed by atoms with Crippen LogP contribution in [-0.4, -0.2) is 15.9 Å². The smallest absolute Gasteiger partial charge is 0.222 e. The Kier molecular flexibility index (Phi) is 4.25. The lowest BCUT2D eigenvalue weighted by Gasteiger charge is -2.08. The molecule has 1 N–H and O–H groups in total. The van der Waals surface area contributed by atoms with E-state index in [9.17, 15) is 4.79 Å². The van der Waals surface area contributed by atoms with Gasteiger partial charge in [0, 0.05) is 12.5 Å². The zero-order chi connectivity index (χ0) is 14.5. The molecule has 1 aromatic carbocycles. The number of carbonyl (C=O) groups is 1. The predicted octanol–water partition coefficient (Wildman–Crippen LogP) is 3.53. The fourth-order valence-electron chi connectivity index (χ4n) is 1.79. The summed E-state index contributed by atoms with van der Waals surface area (Å²) < 4.78 is 0. The van der Waals surface area contributed by atoms with Crippen molar-refractivity contribution in [2.24, 2.45) is 0 Å². The van der Waals surface area contributed by atoms with E-state index in [0.29, 0.717) is 11.5 Å². The Labute approximate surface area is 118 Å². The molecule has 0 unspecified atom stereocenters. The summed E-state index contributed by atoms with van der Waals surface area (Å²) in [5, 5.41) is 2.70. The standard InChI is InChI=1S/C16H17N3O/c1-11(2)9-14-16(18-12(3)20)17-10-15(19-14)13-7-5-4-6-8-13/h4-10H,1-3H3,(H,17,18,20). The highest BCUT2D eigenvalue weighted by atomic mass is 16.1. The van der Waals surface area contributed by atoms with Crippen molar-refractivity contribution >= 4 is 17.8 Å². The van der Waals surface area contributed by atoms with E-state index in [2.05, 4.69) is 15.3 Å². The van der Waals surface area contributed by atoms with Gasteiger partial charge in [0.15, 0.2) is 5.82 Å². The van der Waals surface area contributed by atoms with Gasteiger partial charge in [-0.3, -0.25) is 4.79 Å². The molecule has 0 atom stereocenters. The van der Waals surface area contributed by atoms with Crippen LogP contribution in [0.2, 0.25) is 0 Å². The molecule has 0 spiro atoms. The van der Waals surface area contributed by atoms with Gasteiger partial charge in [-0.1, -0.05) is 35.9 Å². The minimum atomic E-state index is -0.157. The lowest BCUT2D eigenvalue weighted by molar-refractivity contribution is -0.114. The van der Waals surface area contributed by atoms with Crippen LogP contribution < -0.4 is 5.32 Å². The molecule has 4 heteroatoms. The first-order chi connectivity index (χ1) is 9.56. The Morgan fingerprint density at radius 3 is 2.45 bits per heavy atom. The van der Waals surface area contributed by atoms with Gasteiger partial charge in [-0.2, -0.15) is 0 Å². The van der Waals surface area contributed by atoms with Crippen molar-refractivity contribution in [3.8, 4) is 11.3 Å². The molecule has 0 radical (unpaired) electrons. The van der Waals surface area contributed by atoms with Gasteiger partial charge in [-0.15, -0.1) is 0 Å². The van der Waals surface area contributed by atoms with Gasteiger partial charge in [0.2, 0.25) is 5.91 Å². The number of hydrogen-bond acceptors (Lipinski definition) is 3. The molecule has 20 heavy (non-hydrogen) atoms. The summed E-state index contributed by atoms with van der Waals surface area (Å²) in [4.78, 5) is 20.1. The number of rotatable bonds is 3. The monoisotopic (exact) mass is 267 g/mol. The average molecular weight is 267 g/mol. The quantitative estimate of drug-likeness (QED) is 0.925. The van der Waals surface area contributed by atoms with Gasteiger partial charge in [0.1, 0.15) is 5.69 Å². The van der Waals surface area contributed by atoms with E-state index >= 15 is 0 Å². The molecule has 2 rings (SSSR count). The Hall–Kier alpha value is -2.49. The van der Waals surface area contributed by atoms with Crippen LogP contribution in [0.4, 0.5) is 5.82 Å². The van der Waals surface area contributed by atoms with Crippen LogP contribution in [0.15, 0.2) is 42.1 Å². The molecule has 1 heterocycles. The summed E-state index contributed by atoms with van der Waals surface area (Å²) in [5.41, 5.74) is 3.54. The normalized spacial score (nSPS) is 9.95. The first-order valence-corrected chi connectivity index (χ1v) is 6.41. The number of nitrogens with zero attached hydrogens (tertiary/aromatic N) is 2. The van der Waals surface area contributed by atoms with Crippen molar-refractivity contribution in [2.75, 3.05) is 5.32 Å². The van der Waals surface area contributed by atoms with Crippen LogP contribution in [-0.2, 0) is 4.79 Å². The molecular weight excluding hydrogens is 250 g/mol. The number of nitrogens with one attached hydrogen (secondary N) is 1. The van der Waals surface area contributed by atoms with Crippen LogP contribution in [0.3, 0.4) is 0 Å². The van der Waals surface area contributed by atoms with Crippen LogP contribution in [0.1, 0.15) is 26.5 Å². The van der Waals surface area contributed by atoms with Crippen molar-refractivity contribution < 1.29 is 4.79 Å². The summed E-state index contributed by atoms with van der Waals surface area (Å²) >= 11 is 0. The van der Waals surface area contributed by atoms with Crippen molar-refractivity contribution in [3.63, 3.8) is 0 Å². The van der Waals surface area contributed by atoms with Gasteiger partial charge in [-0.25, -0.2) is 9.97 Å². The topological polar surface area (TPSA) is 54.9 Å². The third kappa shape index (κ3) is 3.51. The Bertz CT molecular complexity index is 644. The van der Waals surface area contributed by atoms with Gasteiger partial charge in [0.25, 0.3) is 0 Å². The largest absolute Gasteiger partial charge is 0.309 e. The SMILES string of the molecule is CC(=O)Nc1ncc(-c2ccccc2)nc1C=C(C)C. The van der Waals surface area contributed by atoms with Crippen LogP contribution in [0.5, 0.6) is 0 Å². The van der Waals surface area contributed by atoms with E-state index in [0.717, 1.165) is 16.8 Å². The molecular formula is C16H17N3O.